The van der Waals surface area contributed by atoms with Gasteiger partial charge in [0.15, 0.2) is 0 Å². The van der Waals surface area contributed by atoms with Gasteiger partial charge >= 0.3 is 0 Å². The van der Waals surface area contributed by atoms with E-state index in [-0.39, 0.29) is 17.7 Å². The van der Waals surface area contributed by atoms with Crippen molar-refractivity contribution in [3.63, 3.8) is 0 Å². The molecule has 2 rings (SSSR count). The molecule has 0 aromatic rings. The summed E-state index contributed by atoms with van der Waals surface area (Å²) in [6, 6.07) is 0.0352. The van der Waals surface area contributed by atoms with Crippen LogP contribution >= 0.6 is 0 Å². The zero-order valence-corrected chi connectivity index (χ0v) is 12.5. The normalized spacial score (nSPS) is 29.4. The molecule has 0 spiro atoms. The number of amides is 1. The molecular weight excluding hydrogens is 224 g/mol. The van der Waals surface area contributed by atoms with Crippen LogP contribution in [0.1, 0.15) is 60.3 Å². The fourth-order valence-corrected chi connectivity index (χ4v) is 3.31. The van der Waals surface area contributed by atoms with Crippen LogP contribution in [-0.2, 0) is 4.79 Å². The van der Waals surface area contributed by atoms with E-state index in [1.165, 1.54) is 12.8 Å². The molecule has 2 unspecified atom stereocenters. The first-order chi connectivity index (χ1) is 8.37. The first-order valence-electron chi connectivity index (χ1n) is 7.47. The van der Waals surface area contributed by atoms with Crippen molar-refractivity contribution < 1.29 is 4.79 Å². The number of carbonyl (C=O) groups excluding carboxylic acids is 1. The molecular formula is C15H28N2O. The van der Waals surface area contributed by atoms with Gasteiger partial charge in [-0.05, 0) is 51.4 Å². The first kappa shape index (κ1) is 13.9. The van der Waals surface area contributed by atoms with Crippen molar-refractivity contribution in [3.8, 4) is 0 Å². The van der Waals surface area contributed by atoms with Crippen molar-refractivity contribution in [1.29, 1.82) is 0 Å². The third kappa shape index (κ3) is 2.42. The van der Waals surface area contributed by atoms with Crippen LogP contribution in [0.15, 0.2) is 0 Å². The summed E-state index contributed by atoms with van der Waals surface area (Å²) in [7, 11) is 0. The zero-order valence-electron chi connectivity index (χ0n) is 12.5. The molecule has 0 radical (unpaired) electrons. The fraction of sp³-hybridized carbons (Fsp3) is 0.933. The molecule has 1 heterocycles. The molecule has 1 saturated carbocycles. The molecule has 0 bridgehead atoms. The summed E-state index contributed by atoms with van der Waals surface area (Å²) in [6.45, 7) is 11.0. The molecule has 1 amide bonds. The van der Waals surface area contributed by atoms with Gasteiger partial charge in [-0.3, -0.25) is 10.1 Å². The molecule has 2 fully saturated rings. The lowest BCUT2D eigenvalue weighted by molar-refractivity contribution is -0.136. The first-order valence-corrected chi connectivity index (χ1v) is 7.47. The monoisotopic (exact) mass is 252 g/mol. The van der Waals surface area contributed by atoms with Gasteiger partial charge < -0.3 is 4.90 Å². The predicted molar refractivity (Wildman–Crippen MR) is 74.1 cm³/mol. The lowest BCUT2D eigenvalue weighted by Gasteiger charge is -2.39. The van der Waals surface area contributed by atoms with Gasteiger partial charge in [0.1, 0.15) is 0 Å². The molecule has 2 atom stereocenters. The molecule has 1 aliphatic heterocycles. The minimum Gasteiger partial charge on any atom is -0.320 e. The summed E-state index contributed by atoms with van der Waals surface area (Å²) < 4.78 is 0. The van der Waals surface area contributed by atoms with Crippen LogP contribution in [0.25, 0.3) is 0 Å². The topological polar surface area (TPSA) is 32.3 Å². The van der Waals surface area contributed by atoms with Crippen molar-refractivity contribution in [2.24, 2.45) is 11.8 Å². The van der Waals surface area contributed by atoms with Crippen molar-refractivity contribution in [1.82, 2.24) is 10.2 Å². The lowest BCUT2D eigenvalue weighted by Crippen LogP contribution is -2.52. The van der Waals surface area contributed by atoms with Gasteiger partial charge in [-0.2, -0.15) is 0 Å². The van der Waals surface area contributed by atoms with Gasteiger partial charge in [0.25, 0.3) is 0 Å². The maximum atomic E-state index is 12.7. The number of rotatable bonds is 5. The Balaban J connectivity index is 2.15. The molecule has 0 aromatic heterocycles. The van der Waals surface area contributed by atoms with Gasteiger partial charge in [0, 0.05) is 5.54 Å². The van der Waals surface area contributed by atoms with E-state index in [1.54, 1.807) is 0 Å². The van der Waals surface area contributed by atoms with Gasteiger partial charge in [-0.1, -0.05) is 20.8 Å². The number of hydrogen-bond acceptors (Lipinski definition) is 2. The quantitative estimate of drug-likeness (QED) is 0.816. The Kier molecular flexibility index (Phi) is 3.72. The van der Waals surface area contributed by atoms with E-state index in [2.05, 4.69) is 44.8 Å². The van der Waals surface area contributed by atoms with E-state index in [1.807, 2.05) is 0 Å². The minimum absolute atomic E-state index is 0.0243. The Hall–Kier alpha value is -0.570. The largest absolute Gasteiger partial charge is 0.320 e. The zero-order chi connectivity index (χ0) is 13.5. The van der Waals surface area contributed by atoms with Crippen molar-refractivity contribution in [3.05, 3.63) is 0 Å². The molecule has 3 nitrogen and oxygen atoms in total. The van der Waals surface area contributed by atoms with Crippen LogP contribution in [0, 0.1) is 11.8 Å². The van der Waals surface area contributed by atoms with Crippen LogP contribution in [0.5, 0.6) is 0 Å². The SMILES string of the molecule is CCC1NC(CC(C)C)C(=O)N1C(C)(C)C1CC1. The van der Waals surface area contributed by atoms with Crippen LogP contribution in [0.4, 0.5) is 0 Å². The molecule has 1 aliphatic carbocycles. The number of carbonyl (C=O) groups is 1. The third-order valence-electron chi connectivity index (χ3n) is 4.53. The number of nitrogens with zero attached hydrogens (tertiary/aromatic N) is 1. The van der Waals surface area contributed by atoms with Crippen molar-refractivity contribution in [2.75, 3.05) is 0 Å². The van der Waals surface area contributed by atoms with Crippen molar-refractivity contribution >= 4 is 5.91 Å². The fourth-order valence-electron chi connectivity index (χ4n) is 3.31. The lowest BCUT2D eigenvalue weighted by atomic mass is 9.94. The average molecular weight is 252 g/mol. The van der Waals surface area contributed by atoms with Crippen LogP contribution in [0.3, 0.4) is 0 Å². The average Bonchev–Trinajstić information content (AvgIpc) is 3.06. The summed E-state index contributed by atoms with van der Waals surface area (Å²) in [5.41, 5.74) is 0.0243. The standard InChI is InChI=1S/C15H28N2O/c1-6-13-16-12(9-10(2)3)14(18)17(13)15(4,5)11-7-8-11/h10-13,16H,6-9H2,1-5H3. The highest BCUT2D eigenvalue weighted by Gasteiger charge is 2.51. The highest BCUT2D eigenvalue weighted by Crippen LogP contribution is 2.45. The van der Waals surface area contributed by atoms with Crippen LogP contribution < -0.4 is 5.32 Å². The third-order valence-corrected chi connectivity index (χ3v) is 4.53. The molecule has 0 aromatic carbocycles. The van der Waals surface area contributed by atoms with Crippen LogP contribution in [-0.4, -0.2) is 28.6 Å². The second kappa shape index (κ2) is 4.84. The Morgan fingerprint density at radius 2 is 2.00 bits per heavy atom. The summed E-state index contributed by atoms with van der Waals surface area (Å²) in [5, 5.41) is 3.54. The Bertz CT molecular complexity index is 320. The van der Waals surface area contributed by atoms with Gasteiger partial charge in [0.2, 0.25) is 5.91 Å². The molecule has 1 N–H and O–H groups in total. The molecule has 2 aliphatic rings. The predicted octanol–water partition coefficient (Wildman–Crippen LogP) is 2.76. The summed E-state index contributed by atoms with van der Waals surface area (Å²) >= 11 is 0. The number of hydrogen-bond donors (Lipinski definition) is 1. The van der Waals surface area contributed by atoms with E-state index in [0.29, 0.717) is 17.7 Å². The van der Waals surface area contributed by atoms with Crippen molar-refractivity contribution in [2.45, 2.75) is 78.0 Å². The van der Waals surface area contributed by atoms with Gasteiger partial charge in [-0.15, -0.1) is 0 Å². The Morgan fingerprint density at radius 3 is 2.44 bits per heavy atom. The summed E-state index contributed by atoms with van der Waals surface area (Å²) in [4.78, 5) is 14.8. The highest BCUT2D eigenvalue weighted by atomic mass is 16.2. The second-order valence-corrected chi connectivity index (χ2v) is 6.91. The highest BCUT2D eigenvalue weighted by molar-refractivity contribution is 5.85. The Labute approximate surface area is 111 Å². The summed E-state index contributed by atoms with van der Waals surface area (Å²) in [5.74, 6) is 1.59. The molecule has 104 valence electrons. The molecule has 3 heteroatoms. The molecule has 18 heavy (non-hydrogen) atoms. The van der Waals surface area contributed by atoms with E-state index in [0.717, 1.165) is 12.8 Å². The van der Waals surface area contributed by atoms with Gasteiger partial charge in [-0.25, -0.2) is 0 Å². The summed E-state index contributed by atoms with van der Waals surface area (Å²) in [6.07, 6.45) is 4.74. The van der Waals surface area contributed by atoms with E-state index < -0.39 is 0 Å². The van der Waals surface area contributed by atoms with Gasteiger partial charge in [0.05, 0.1) is 12.2 Å². The van der Waals surface area contributed by atoms with E-state index >= 15 is 0 Å². The molecule has 1 saturated heterocycles. The maximum Gasteiger partial charge on any atom is 0.241 e. The second-order valence-electron chi connectivity index (χ2n) is 6.91. The van der Waals surface area contributed by atoms with E-state index in [9.17, 15) is 4.79 Å². The minimum atomic E-state index is 0.0243. The number of nitrogens with one attached hydrogen (secondary N) is 1. The van der Waals surface area contributed by atoms with Crippen LogP contribution in [0.2, 0.25) is 0 Å². The smallest absolute Gasteiger partial charge is 0.241 e. The Morgan fingerprint density at radius 1 is 1.39 bits per heavy atom. The maximum absolute atomic E-state index is 12.7. The van der Waals surface area contributed by atoms with E-state index in [4.69, 9.17) is 0 Å².